The summed E-state index contributed by atoms with van der Waals surface area (Å²) in [5.74, 6) is -0.204. The number of carbonyl (C=O) groups is 1. The molecule has 0 bridgehead atoms. The molecule has 1 N–H and O–H groups in total. The van der Waals surface area contributed by atoms with Gasteiger partial charge in [-0.25, -0.2) is 14.3 Å². The van der Waals surface area contributed by atoms with Crippen molar-refractivity contribution in [2.75, 3.05) is 6.61 Å². The number of ether oxygens (including phenoxy) is 1. The lowest BCUT2D eigenvalue weighted by molar-refractivity contribution is 0.0695. The van der Waals surface area contributed by atoms with E-state index in [9.17, 15) is 4.79 Å². The van der Waals surface area contributed by atoms with Gasteiger partial charge in [0.2, 0.25) is 0 Å². The Labute approximate surface area is 127 Å². The molecule has 3 aromatic rings. The van der Waals surface area contributed by atoms with E-state index in [-0.39, 0.29) is 5.56 Å². The summed E-state index contributed by atoms with van der Waals surface area (Å²) in [5, 5.41) is 13.3. The van der Waals surface area contributed by atoms with Crippen LogP contribution < -0.4 is 4.74 Å². The standard InChI is InChI=1S/C16H15N3O3/c1-2-7-22-13-5-3-11(4-6-13)14-8-15-17-9-12(16(20)21)10-19(15)18-14/h3-6,8-10H,2,7H2,1H3,(H,20,21). The molecular weight excluding hydrogens is 282 g/mol. The second-order valence-corrected chi connectivity index (χ2v) is 4.85. The molecule has 2 heterocycles. The molecule has 0 radical (unpaired) electrons. The number of hydrogen-bond acceptors (Lipinski definition) is 4. The molecule has 1 aromatic carbocycles. The van der Waals surface area contributed by atoms with Crippen molar-refractivity contribution in [2.45, 2.75) is 13.3 Å². The van der Waals surface area contributed by atoms with Crippen LogP contribution >= 0.6 is 0 Å². The lowest BCUT2D eigenvalue weighted by atomic mass is 10.1. The van der Waals surface area contributed by atoms with Crippen LogP contribution in [0.25, 0.3) is 16.9 Å². The normalized spacial score (nSPS) is 10.8. The fraction of sp³-hybridized carbons (Fsp3) is 0.188. The van der Waals surface area contributed by atoms with Gasteiger partial charge in [-0.2, -0.15) is 5.10 Å². The lowest BCUT2D eigenvalue weighted by Crippen LogP contribution is -2.01. The minimum absolute atomic E-state index is 0.102. The number of nitrogens with zero attached hydrogens (tertiary/aromatic N) is 3. The van der Waals surface area contributed by atoms with Crippen LogP contribution in [0.4, 0.5) is 0 Å². The molecule has 112 valence electrons. The van der Waals surface area contributed by atoms with Crippen LogP contribution in [0.1, 0.15) is 23.7 Å². The van der Waals surface area contributed by atoms with Gasteiger partial charge >= 0.3 is 5.97 Å². The fourth-order valence-electron chi connectivity index (χ4n) is 2.07. The molecule has 6 heteroatoms. The molecule has 0 spiro atoms. The summed E-state index contributed by atoms with van der Waals surface area (Å²) < 4.78 is 7.02. The number of hydrogen-bond donors (Lipinski definition) is 1. The Morgan fingerprint density at radius 3 is 2.77 bits per heavy atom. The quantitative estimate of drug-likeness (QED) is 0.783. The molecule has 0 fully saturated rings. The molecule has 22 heavy (non-hydrogen) atoms. The predicted molar refractivity (Wildman–Crippen MR) is 81.2 cm³/mol. The zero-order chi connectivity index (χ0) is 15.5. The first kappa shape index (κ1) is 14.1. The minimum atomic E-state index is -1.02. The molecule has 3 rings (SSSR count). The van der Waals surface area contributed by atoms with Gasteiger partial charge in [0.25, 0.3) is 0 Å². The van der Waals surface area contributed by atoms with Crippen LogP contribution in [0, 0.1) is 0 Å². The van der Waals surface area contributed by atoms with E-state index in [4.69, 9.17) is 9.84 Å². The molecule has 0 unspecified atom stereocenters. The van der Waals surface area contributed by atoms with Gasteiger partial charge in [-0.1, -0.05) is 6.92 Å². The average molecular weight is 297 g/mol. The Kier molecular flexibility index (Phi) is 3.74. The highest BCUT2D eigenvalue weighted by molar-refractivity contribution is 5.87. The molecule has 0 amide bonds. The summed E-state index contributed by atoms with van der Waals surface area (Å²) in [4.78, 5) is 15.1. The third kappa shape index (κ3) is 2.76. The summed E-state index contributed by atoms with van der Waals surface area (Å²) in [7, 11) is 0. The highest BCUT2D eigenvalue weighted by atomic mass is 16.5. The topological polar surface area (TPSA) is 76.7 Å². The third-order valence-corrected chi connectivity index (χ3v) is 3.18. The summed E-state index contributed by atoms with van der Waals surface area (Å²) in [6.45, 7) is 2.75. The van der Waals surface area contributed by atoms with Crippen LogP contribution in [0.15, 0.2) is 42.7 Å². The van der Waals surface area contributed by atoms with E-state index in [0.29, 0.717) is 12.3 Å². The van der Waals surface area contributed by atoms with E-state index in [0.717, 1.165) is 23.4 Å². The minimum Gasteiger partial charge on any atom is -0.494 e. The molecule has 0 saturated carbocycles. The lowest BCUT2D eigenvalue weighted by Gasteiger charge is -2.04. The first-order valence-corrected chi connectivity index (χ1v) is 6.99. The number of fused-ring (bicyclic) bond motifs is 1. The number of carboxylic acid groups (broad SMARTS) is 1. The predicted octanol–water partition coefficient (Wildman–Crippen LogP) is 2.88. The van der Waals surface area contributed by atoms with Crippen molar-refractivity contribution < 1.29 is 14.6 Å². The number of aromatic carboxylic acids is 1. The van der Waals surface area contributed by atoms with Crippen molar-refractivity contribution in [2.24, 2.45) is 0 Å². The number of carboxylic acids is 1. The van der Waals surface area contributed by atoms with Crippen molar-refractivity contribution in [3.63, 3.8) is 0 Å². The molecule has 0 atom stereocenters. The molecule has 2 aromatic heterocycles. The summed E-state index contributed by atoms with van der Waals surface area (Å²) >= 11 is 0. The number of benzene rings is 1. The second-order valence-electron chi connectivity index (χ2n) is 4.85. The highest BCUT2D eigenvalue weighted by Crippen LogP contribution is 2.22. The van der Waals surface area contributed by atoms with E-state index in [1.807, 2.05) is 30.3 Å². The number of rotatable bonds is 5. The van der Waals surface area contributed by atoms with Crippen molar-refractivity contribution in [3.05, 3.63) is 48.3 Å². The van der Waals surface area contributed by atoms with Gasteiger partial charge in [0.05, 0.1) is 17.9 Å². The molecule has 0 aliphatic rings. The van der Waals surface area contributed by atoms with Crippen molar-refractivity contribution in [1.82, 2.24) is 14.6 Å². The van der Waals surface area contributed by atoms with Crippen LogP contribution in [0.5, 0.6) is 5.75 Å². The van der Waals surface area contributed by atoms with Gasteiger partial charge in [0.1, 0.15) is 5.75 Å². The maximum absolute atomic E-state index is 11.0. The van der Waals surface area contributed by atoms with Crippen molar-refractivity contribution in [1.29, 1.82) is 0 Å². The molecular formula is C16H15N3O3. The van der Waals surface area contributed by atoms with Crippen molar-refractivity contribution in [3.8, 4) is 17.0 Å². The first-order valence-electron chi connectivity index (χ1n) is 6.99. The fourth-order valence-corrected chi connectivity index (χ4v) is 2.07. The van der Waals surface area contributed by atoms with Gasteiger partial charge in [-0.15, -0.1) is 0 Å². The molecule has 6 nitrogen and oxygen atoms in total. The highest BCUT2D eigenvalue weighted by Gasteiger charge is 2.09. The Bertz CT molecular complexity index is 809. The monoisotopic (exact) mass is 297 g/mol. The van der Waals surface area contributed by atoms with Gasteiger partial charge in [-0.05, 0) is 30.7 Å². The van der Waals surface area contributed by atoms with E-state index in [1.165, 1.54) is 16.9 Å². The van der Waals surface area contributed by atoms with Gasteiger partial charge in [0, 0.05) is 24.0 Å². The van der Waals surface area contributed by atoms with E-state index in [1.54, 1.807) is 0 Å². The van der Waals surface area contributed by atoms with Crippen molar-refractivity contribution >= 4 is 11.6 Å². The average Bonchev–Trinajstić information content (AvgIpc) is 2.96. The van der Waals surface area contributed by atoms with Crippen LogP contribution in [-0.2, 0) is 0 Å². The van der Waals surface area contributed by atoms with Gasteiger partial charge in [-0.3, -0.25) is 0 Å². The summed E-state index contributed by atoms with van der Waals surface area (Å²) in [5.41, 5.74) is 2.36. The van der Waals surface area contributed by atoms with Gasteiger partial charge in [0.15, 0.2) is 5.65 Å². The van der Waals surface area contributed by atoms with E-state index < -0.39 is 5.97 Å². The van der Waals surface area contributed by atoms with Crippen LogP contribution in [0.2, 0.25) is 0 Å². The SMILES string of the molecule is CCCOc1ccc(-c2cc3ncc(C(=O)O)cn3n2)cc1. The smallest absolute Gasteiger partial charge is 0.338 e. The summed E-state index contributed by atoms with van der Waals surface area (Å²) in [6.07, 6.45) is 3.74. The Balaban J connectivity index is 1.91. The zero-order valence-electron chi connectivity index (χ0n) is 12.1. The molecule has 0 aliphatic carbocycles. The Morgan fingerprint density at radius 1 is 1.32 bits per heavy atom. The zero-order valence-corrected chi connectivity index (χ0v) is 12.1. The van der Waals surface area contributed by atoms with Gasteiger partial charge < -0.3 is 9.84 Å². The molecule has 0 saturated heterocycles. The molecule has 0 aliphatic heterocycles. The maximum Gasteiger partial charge on any atom is 0.338 e. The first-order chi connectivity index (χ1) is 10.7. The van der Waals surface area contributed by atoms with E-state index in [2.05, 4.69) is 17.0 Å². The van der Waals surface area contributed by atoms with E-state index >= 15 is 0 Å². The largest absolute Gasteiger partial charge is 0.494 e. The number of aromatic nitrogens is 3. The van der Waals surface area contributed by atoms with Crippen LogP contribution in [-0.4, -0.2) is 32.3 Å². The third-order valence-electron chi connectivity index (χ3n) is 3.18. The Hall–Kier alpha value is -2.89. The Morgan fingerprint density at radius 2 is 2.09 bits per heavy atom. The second kappa shape index (κ2) is 5.85. The summed E-state index contributed by atoms with van der Waals surface area (Å²) in [6, 6.07) is 9.44. The van der Waals surface area contributed by atoms with Crippen LogP contribution in [0.3, 0.4) is 0 Å². The maximum atomic E-state index is 11.0.